The van der Waals surface area contributed by atoms with Gasteiger partial charge in [0.05, 0.1) is 10.4 Å². The van der Waals surface area contributed by atoms with Gasteiger partial charge in [-0.05, 0) is 165 Å². The van der Waals surface area contributed by atoms with Gasteiger partial charge < -0.3 is 8.83 Å². The number of thiophene rings is 3. The van der Waals surface area contributed by atoms with E-state index in [0.29, 0.717) is 0 Å². The Balaban J connectivity index is 0.000000101. The van der Waals surface area contributed by atoms with Gasteiger partial charge in [0.25, 0.3) is 0 Å². The van der Waals surface area contributed by atoms with Crippen molar-refractivity contribution in [2.45, 2.75) is 48.5 Å². The van der Waals surface area contributed by atoms with Crippen LogP contribution in [-0.2, 0) is 0 Å². The predicted octanol–water partition coefficient (Wildman–Crippen LogP) is 30.9. The van der Waals surface area contributed by atoms with Gasteiger partial charge in [-0.1, -0.05) is 320 Å². The Morgan fingerprint density at radius 2 is 0.583 bits per heavy atom. The van der Waals surface area contributed by atoms with E-state index >= 15 is 0 Å². The monoisotopic (exact) mass is 1450 g/mol. The Morgan fingerprint density at radius 1 is 0.213 bits per heavy atom. The van der Waals surface area contributed by atoms with E-state index in [9.17, 15) is 0 Å². The molecule has 0 atom stereocenters. The van der Waals surface area contributed by atoms with Gasteiger partial charge in [0, 0.05) is 83.6 Å². The van der Waals surface area contributed by atoms with Gasteiger partial charge in [0.1, 0.15) is 22.3 Å². The molecule has 0 amide bonds. The van der Waals surface area contributed by atoms with E-state index in [4.69, 9.17) is 8.83 Å². The normalized spacial score (nSPS) is 10.9. The predicted molar refractivity (Wildman–Crippen MR) is 471 cm³/mol. The van der Waals surface area contributed by atoms with Crippen molar-refractivity contribution in [3.05, 3.63) is 403 Å². The second-order valence-corrected chi connectivity index (χ2v) is 30.5. The van der Waals surface area contributed by atoms with Crippen LogP contribution < -0.4 is 0 Å². The first-order valence-corrected chi connectivity index (χ1v) is 39.1. The number of para-hydroxylation sites is 3. The maximum absolute atomic E-state index is 5.78. The molecule has 6 heterocycles. The van der Waals surface area contributed by atoms with Crippen LogP contribution in [-0.4, -0.2) is 4.98 Å². The zero-order chi connectivity index (χ0) is 73.9. The first-order chi connectivity index (χ1) is 52.9. The molecule has 0 saturated heterocycles. The van der Waals surface area contributed by atoms with Crippen LogP contribution in [0.2, 0.25) is 0 Å². The van der Waals surface area contributed by atoms with Crippen LogP contribution >= 0.6 is 34.0 Å². The Labute approximate surface area is 643 Å². The Morgan fingerprint density at radius 3 is 1.17 bits per heavy atom. The summed E-state index contributed by atoms with van der Waals surface area (Å²) >= 11 is 5.58. The maximum Gasteiger partial charge on any atom is 0.138 e. The molecule has 0 aliphatic rings. The molecule has 0 N–H and O–H groups in total. The summed E-state index contributed by atoms with van der Waals surface area (Å²) in [6.07, 6.45) is 1.89. The summed E-state index contributed by atoms with van der Waals surface area (Å²) < 4.78 is 19.7. The molecular weight excluding hydrogens is 1370 g/mol. The quantitative estimate of drug-likeness (QED) is 0.176. The van der Waals surface area contributed by atoms with Crippen LogP contribution in [0.3, 0.4) is 0 Å². The summed E-state index contributed by atoms with van der Waals surface area (Å²) in [6.45, 7) is 14.8. The van der Waals surface area contributed by atoms with E-state index in [2.05, 4.69) is 357 Å². The average molecular weight is 1450 g/mol. The molecule has 0 saturated carbocycles. The van der Waals surface area contributed by atoms with Crippen molar-refractivity contribution in [1.29, 1.82) is 0 Å². The topological polar surface area (TPSA) is 39.2 Å². The highest BCUT2D eigenvalue weighted by atomic mass is 32.1. The molecule has 6 heteroatoms. The first-order valence-electron chi connectivity index (χ1n) is 36.6. The lowest BCUT2D eigenvalue weighted by molar-refractivity contribution is 0.666. The maximum atomic E-state index is 5.78. The van der Waals surface area contributed by atoms with Crippen LogP contribution in [0, 0.1) is 48.5 Å². The third-order valence-corrected chi connectivity index (χ3v) is 23.2. The molecule has 3 nitrogen and oxygen atoms in total. The van der Waals surface area contributed by atoms with E-state index in [1.165, 1.54) is 160 Å². The number of fused-ring (bicyclic) bond motifs is 15. The van der Waals surface area contributed by atoms with Gasteiger partial charge >= 0.3 is 0 Å². The van der Waals surface area contributed by atoms with Gasteiger partial charge in [-0.3, -0.25) is 4.98 Å². The fourth-order valence-corrected chi connectivity index (χ4v) is 17.2. The van der Waals surface area contributed by atoms with Crippen LogP contribution in [0.1, 0.15) is 39.1 Å². The number of hydrogen-bond donors (Lipinski definition) is 0. The molecule has 0 aliphatic carbocycles. The molecule has 108 heavy (non-hydrogen) atoms. The van der Waals surface area contributed by atoms with Crippen molar-refractivity contribution in [2.75, 3.05) is 0 Å². The van der Waals surface area contributed by atoms with E-state index in [1.54, 1.807) is 0 Å². The fraction of sp³-hybridized carbons (Fsp3) is 0.0686. The lowest BCUT2D eigenvalue weighted by Crippen LogP contribution is -1.81. The van der Waals surface area contributed by atoms with Gasteiger partial charge in [0.2, 0.25) is 0 Å². The van der Waals surface area contributed by atoms with Crippen LogP contribution in [0.5, 0.6) is 0 Å². The third kappa shape index (κ3) is 16.2. The molecule has 0 unspecified atom stereocenters. The van der Waals surface area contributed by atoms with Gasteiger partial charge in [0.15, 0.2) is 0 Å². The SMILES string of the molecule is Cc1ccc(-c2ccc(-c3ccccc3)cc2)cc1.Cc1ccc2oc3ccccc3c2c1.Cc1ccc2sc3ccccc3c2c1.Cc1cccc(-c2ccc(-c3ccccc3)cc2)c1.Cc1cccc2c1oc1ccccc12.Cc1cccc2c1sc1ccccc12.Cc1nccc2c1sc1ccccc12. The van der Waals surface area contributed by atoms with Crippen molar-refractivity contribution in [2.24, 2.45) is 0 Å². The highest BCUT2D eigenvalue weighted by molar-refractivity contribution is 7.26. The Hall–Kier alpha value is -12.3. The molecule has 6 aromatic heterocycles. The number of rotatable bonds is 4. The summed E-state index contributed by atoms with van der Waals surface area (Å²) in [6, 6.07) is 126. The summed E-state index contributed by atoms with van der Waals surface area (Å²) in [5, 5.41) is 13.1. The summed E-state index contributed by atoms with van der Waals surface area (Å²) in [5.74, 6) is 0. The second kappa shape index (κ2) is 33.0. The molecule has 0 radical (unpaired) electrons. The van der Waals surface area contributed by atoms with E-state index in [0.717, 1.165) is 28.0 Å². The molecule has 524 valence electrons. The molecule has 0 bridgehead atoms. The fourth-order valence-electron chi connectivity index (χ4n) is 13.8. The molecular formula is C102H81NO2S3. The zero-order valence-electron chi connectivity index (χ0n) is 61.6. The van der Waals surface area contributed by atoms with E-state index in [1.807, 2.05) is 94.8 Å². The number of benzene rings is 15. The second-order valence-electron chi connectivity index (χ2n) is 27.3. The standard InChI is InChI=1S/2C19H16.2C13H10O.2C13H10S.C12H9NS/c1-15-6-5-9-19(14-15)18-12-10-17(11-13-18)16-7-3-2-4-8-16;1-15-7-9-17(10-8-15)19-13-11-18(12-14-19)16-5-3-2-4-6-16;1-9-5-4-7-11-10-6-2-3-8-12(10)14-13(9)11;1-9-6-7-13-11(8-9)10-4-2-3-5-12(10)14-13;1-9-5-4-7-11-10-6-2-3-8-12(10)14-13(9)11;1-9-6-7-13-11(8-9)10-4-2-3-5-12(10)14-13;1-8-12-10(6-7-13-8)9-4-2-3-5-11(9)14-12/h2*2-14H,1H3;4*2-8H,1H3;2-7H,1H3. The van der Waals surface area contributed by atoms with E-state index < -0.39 is 0 Å². The molecule has 21 rings (SSSR count). The van der Waals surface area contributed by atoms with Crippen molar-refractivity contribution in [3.63, 3.8) is 0 Å². The van der Waals surface area contributed by atoms with Gasteiger partial charge in [-0.2, -0.15) is 0 Å². The van der Waals surface area contributed by atoms with Crippen molar-refractivity contribution in [1.82, 2.24) is 4.98 Å². The van der Waals surface area contributed by atoms with Crippen LogP contribution in [0.15, 0.2) is 373 Å². The highest BCUT2D eigenvalue weighted by Crippen LogP contribution is 2.39. The van der Waals surface area contributed by atoms with Crippen molar-refractivity contribution in [3.8, 4) is 44.5 Å². The van der Waals surface area contributed by atoms with E-state index in [-0.39, 0.29) is 0 Å². The summed E-state index contributed by atoms with van der Waals surface area (Å²) in [5.41, 5.74) is 22.9. The molecule has 15 aromatic carbocycles. The largest absolute Gasteiger partial charge is 0.456 e. The first kappa shape index (κ1) is 71.3. The molecule has 0 aliphatic heterocycles. The number of aromatic nitrogens is 1. The molecule has 0 fully saturated rings. The smallest absolute Gasteiger partial charge is 0.138 e. The lowest BCUT2D eigenvalue weighted by atomic mass is 9.99. The number of pyridine rings is 1. The molecule has 0 spiro atoms. The summed E-state index contributed by atoms with van der Waals surface area (Å²) in [4.78, 5) is 4.31. The average Bonchev–Trinajstić information content (AvgIpc) is 1.67. The minimum Gasteiger partial charge on any atom is -0.456 e. The van der Waals surface area contributed by atoms with Gasteiger partial charge in [-0.15, -0.1) is 34.0 Å². The molecule has 21 aromatic rings. The van der Waals surface area contributed by atoms with Crippen molar-refractivity contribution >= 4 is 138 Å². The number of nitrogens with zero attached hydrogens (tertiary/aromatic N) is 1. The summed E-state index contributed by atoms with van der Waals surface area (Å²) in [7, 11) is 0. The number of aryl methyl sites for hydroxylation is 7. The Bertz CT molecular complexity index is 6210. The van der Waals surface area contributed by atoms with Crippen molar-refractivity contribution < 1.29 is 8.83 Å². The highest BCUT2D eigenvalue weighted by Gasteiger charge is 2.11. The van der Waals surface area contributed by atoms with Gasteiger partial charge in [-0.25, -0.2) is 0 Å². The van der Waals surface area contributed by atoms with Crippen LogP contribution in [0.25, 0.3) is 149 Å². The number of furan rings is 2. The van der Waals surface area contributed by atoms with Crippen LogP contribution in [0.4, 0.5) is 0 Å². The number of hydrogen-bond acceptors (Lipinski definition) is 6. The zero-order valence-corrected chi connectivity index (χ0v) is 64.1. The minimum absolute atomic E-state index is 0.966. The Kier molecular flexibility index (Phi) is 21.8. The lowest BCUT2D eigenvalue weighted by Gasteiger charge is -2.05. The minimum atomic E-state index is 0.966. The third-order valence-electron chi connectivity index (χ3n) is 19.5.